The highest BCUT2D eigenvalue weighted by Crippen LogP contribution is 2.31. The molecule has 5 aromatic rings. The number of aromatic nitrogens is 4. The fourth-order valence-corrected chi connectivity index (χ4v) is 4.30. The second-order valence-corrected chi connectivity index (χ2v) is 9.50. The third-order valence-electron chi connectivity index (χ3n) is 6.57. The van der Waals surface area contributed by atoms with Crippen molar-refractivity contribution in [2.24, 2.45) is 0 Å². The zero-order valence-corrected chi connectivity index (χ0v) is 22.0. The van der Waals surface area contributed by atoms with Crippen LogP contribution in [-0.2, 0) is 17.8 Å². The van der Waals surface area contributed by atoms with Crippen LogP contribution in [0, 0.1) is 13.8 Å². The van der Waals surface area contributed by atoms with Crippen molar-refractivity contribution in [1.82, 2.24) is 20.2 Å². The Kier molecular flexibility index (Phi) is 7.90. The number of hydrogen-bond donors (Lipinski definition) is 0. The minimum atomic E-state index is -0.316. The van der Waals surface area contributed by atoms with E-state index in [1.54, 1.807) is 4.68 Å². The quantitative estimate of drug-likeness (QED) is 0.205. The Morgan fingerprint density at radius 2 is 1.37 bits per heavy atom. The van der Waals surface area contributed by atoms with Crippen molar-refractivity contribution in [2.45, 2.75) is 40.0 Å². The summed E-state index contributed by atoms with van der Waals surface area (Å²) in [5, 5.41) is 12.5. The Morgan fingerprint density at radius 1 is 0.737 bits per heavy atom. The van der Waals surface area contributed by atoms with Crippen LogP contribution in [0.25, 0.3) is 22.5 Å². The smallest absolute Gasteiger partial charge is 0.185 e. The highest BCUT2D eigenvalue weighted by atomic mass is 16.5. The molecule has 6 nitrogen and oxygen atoms in total. The molecule has 0 bridgehead atoms. The van der Waals surface area contributed by atoms with E-state index >= 15 is 0 Å². The van der Waals surface area contributed by atoms with E-state index in [1.165, 1.54) is 16.7 Å². The molecule has 0 spiro atoms. The minimum absolute atomic E-state index is 0.316. The molecule has 0 aliphatic carbocycles. The molecule has 0 amide bonds. The lowest BCUT2D eigenvalue weighted by molar-refractivity contribution is 0.00958. The predicted molar refractivity (Wildman–Crippen MR) is 150 cm³/mol. The Bertz CT molecular complexity index is 1460. The average Bonchev–Trinajstić information content (AvgIpc) is 3.44. The van der Waals surface area contributed by atoms with E-state index in [9.17, 15) is 0 Å². The van der Waals surface area contributed by atoms with Gasteiger partial charge in [0.1, 0.15) is 12.4 Å². The lowest BCUT2D eigenvalue weighted by Gasteiger charge is -2.16. The van der Waals surface area contributed by atoms with Gasteiger partial charge in [-0.25, -0.2) is 0 Å². The van der Waals surface area contributed by atoms with Crippen LogP contribution >= 0.6 is 0 Å². The summed E-state index contributed by atoms with van der Waals surface area (Å²) in [6.07, 6.45) is 0.461. The molecule has 5 rings (SSSR count). The molecule has 1 atom stereocenters. The molecule has 6 heteroatoms. The monoisotopic (exact) mass is 504 g/mol. The van der Waals surface area contributed by atoms with Gasteiger partial charge in [-0.2, -0.15) is 4.68 Å². The van der Waals surface area contributed by atoms with E-state index in [-0.39, 0.29) is 6.23 Å². The predicted octanol–water partition coefficient (Wildman–Crippen LogP) is 6.98. The van der Waals surface area contributed by atoms with Gasteiger partial charge in [-0.1, -0.05) is 96.1 Å². The van der Waals surface area contributed by atoms with Gasteiger partial charge < -0.3 is 9.47 Å². The number of nitrogens with zero attached hydrogens (tertiary/aromatic N) is 4. The Balaban J connectivity index is 1.19. The second-order valence-electron chi connectivity index (χ2n) is 9.50. The van der Waals surface area contributed by atoms with Gasteiger partial charge in [-0.3, -0.25) is 0 Å². The molecule has 1 aromatic heterocycles. The van der Waals surface area contributed by atoms with Gasteiger partial charge in [0.05, 0.1) is 6.61 Å². The maximum Gasteiger partial charge on any atom is 0.185 e. The van der Waals surface area contributed by atoms with E-state index in [0.29, 0.717) is 19.0 Å². The highest BCUT2D eigenvalue weighted by molar-refractivity contribution is 5.80. The molecule has 38 heavy (non-hydrogen) atoms. The number of hydrogen-bond acceptors (Lipinski definition) is 5. The largest absolute Gasteiger partial charge is 0.489 e. The second kappa shape index (κ2) is 11.8. The molecule has 1 heterocycles. The summed E-state index contributed by atoms with van der Waals surface area (Å²) < 4.78 is 13.8. The number of rotatable bonds is 10. The first-order chi connectivity index (χ1) is 18.6. The fraction of sp³-hybridized carbons (Fsp3) is 0.219. The van der Waals surface area contributed by atoms with Crippen molar-refractivity contribution in [3.8, 4) is 28.3 Å². The molecule has 0 N–H and O–H groups in total. The summed E-state index contributed by atoms with van der Waals surface area (Å²) in [5.74, 6) is 1.54. The molecule has 4 aromatic carbocycles. The number of aryl methyl sites for hydroxylation is 2. The van der Waals surface area contributed by atoms with Gasteiger partial charge in [0.2, 0.25) is 0 Å². The number of ether oxygens (including phenoxy) is 2. The normalized spacial score (nSPS) is 11.9. The lowest BCUT2D eigenvalue weighted by Crippen LogP contribution is -2.14. The molecule has 0 saturated carbocycles. The summed E-state index contributed by atoms with van der Waals surface area (Å²) >= 11 is 0. The van der Waals surface area contributed by atoms with Crippen molar-refractivity contribution in [2.75, 3.05) is 6.61 Å². The zero-order chi connectivity index (χ0) is 26.3. The maximum atomic E-state index is 6.15. The zero-order valence-electron chi connectivity index (χ0n) is 22.0. The topological polar surface area (TPSA) is 62.1 Å². The third kappa shape index (κ3) is 6.15. The molecule has 0 aliphatic heterocycles. The van der Waals surface area contributed by atoms with Gasteiger partial charge in [0.15, 0.2) is 12.1 Å². The van der Waals surface area contributed by atoms with Crippen LogP contribution in [0.15, 0.2) is 97.1 Å². The van der Waals surface area contributed by atoms with E-state index in [4.69, 9.17) is 9.47 Å². The fourth-order valence-electron chi connectivity index (χ4n) is 4.30. The van der Waals surface area contributed by atoms with Crippen molar-refractivity contribution >= 4 is 0 Å². The van der Waals surface area contributed by atoms with Gasteiger partial charge in [0, 0.05) is 5.56 Å². The van der Waals surface area contributed by atoms with Crippen molar-refractivity contribution in [3.05, 3.63) is 119 Å². The van der Waals surface area contributed by atoms with Gasteiger partial charge in [0.25, 0.3) is 0 Å². The van der Waals surface area contributed by atoms with Crippen LogP contribution in [0.5, 0.6) is 5.75 Å². The molecular weight excluding hydrogens is 472 g/mol. The van der Waals surface area contributed by atoms with Gasteiger partial charge in [-0.15, -0.1) is 5.10 Å². The Hall–Kier alpha value is -4.29. The van der Waals surface area contributed by atoms with Crippen LogP contribution in [0.2, 0.25) is 0 Å². The first-order valence-corrected chi connectivity index (χ1v) is 12.9. The van der Waals surface area contributed by atoms with Crippen LogP contribution in [0.1, 0.15) is 35.4 Å². The molecule has 0 saturated heterocycles. The third-order valence-corrected chi connectivity index (χ3v) is 6.57. The average molecular weight is 505 g/mol. The first-order valence-electron chi connectivity index (χ1n) is 12.9. The van der Waals surface area contributed by atoms with Gasteiger partial charge >= 0.3 is 0 Å². The maximum absolute atomic E-state index is 6.15. The summed E-state index contributed by atoms with van der Waals surface area (Å²) in [7, 11) is 0. The van der Waals surface area contributed by atoms with Crippen LogP contribution in [0.4, 0.5) is 0 Å². The number of tetrazole rings is 1. The van der Waals surface area contributed by atoms with Crippen LogP contribution < -0.4 is 4.74 Å². The SMILES string of the molecule is Cc1ccc(COc2ccc(CCOC(C)n3nnnc3-c3ccccc3-c3ccc(C)cc3)cc2)cc1. The van der Waals surface area contributed by atoms with Crippen LogP contribution in [-0.4, -0.2) is 26.8 Å². The van der Waals surface area contributed by atoms with Crippen molar-refractivity contribution in [1.29, 1.82) is 0 Å². The van der Waals surface area contributed by atoms with Crippen molar-refractivity contribution < 1.29 is 9.47 Å². The van der Waals surface area contributed by atoms with Crippen molar-refractivity contribution in [3.63, 3.8) is 0 Å². The first kappa shape index (κ1) is 25.4. The summed E-state index contributed by atoms with van der Waals surface area (Å²) in [5.41, 5.74) is 7.99. The van der Waals surface area contributed by atoms with E-state index < -0.39 is 0 Å². The Morgan fingerprint density at radius 3 is 2.08 bits per heavy atom. The molecule has 1 unspecified atom stereocenters. The van der Waals surface area contributed by atoms with E-state index in [0.717, 1.165) is 34.4 Å². The number of benzene rings is 4. The molecular formula is C32H32N4O2. The molecule has 0 fully saturated rings. The lowest BCUT2D eigenvalue weighted by atomic mass is 9.98. The standard InChI is InChI=1S/C32H32N4O2/c1-23-8-12-27(13-9-23)22-38-29-18-14-26(15-19-29)20-21-37-25(3)36-32(33-34-35-36)31-7-5-4-6-30(31)28-16-10-24(2)11-17-28/h4-19,25H,20-22H2,1-3H3. The Labute approximate surface area is 223 Å². The van der Waals surface area contributed by atoms with Crippen LogP contribution in [0.3, 0.4) is 0 Å². The van der Waals surface area contributed by atoms with Gasteiger partial charge in [-0.05, 0) is 72.0 Å². The van der Waals surface area contributed by atoms with E-state index in [2.05, 4.69) is 96.1 Å². The van der Waals surface area contributed by atoms with E-state index in [1.807, 2.05) is 37.3 Å². The molecule has 192 valence electrons. The summed E-state index contributed by atoms with van der Waals surface area (Å²) in [6, 6.07) is 33.2. The minimum Gasteiger partial charge on any atom is -0.489 e. The summed E-state index contributed by atoms with van der Waals surface area (Å²) in [4.78, 5) is 0. The highest BCUT2D eigenvalue weighted by Gasteiger charge is 2.18. The molecule has 0 aliphatic rings. The molecule has 0 radical (unpaired) electrons. The summed E-state index contributed by atoms with van der Waals surface area (Å²) in [6.45, 7) is 7.24.